The number of anilines is 1. The summed E-state index contributed by atoms with van der Waals surface area (Å²) in [6, 6.07) is 6.79. The van der Waals surface area contributed by atoms with Gasteiger partial charge in [0.25, 0.3) is 0 Å². The fourth-order valence-corrected chi connectivity index (χ4v) is 3.16. The van der Waals surface area contributed by atoms with Crippen molar-refractivity contribution in [2.75, 3.05) is 12.0 Å². The number of nitrogens with one attached hydrogen (secondary N) is 1. The van der Waals surface area contributed by atoms with E-state index in [-0.39, 0.29) is 6.01 Å². The molecule has 1 aliphatic carbocycles. The van der Waals surface area contributed by atoms with Crippen molar-refractivity contribution in [2.45, 2.75) is 36.2 Å². The van der Waals surface area contributed by atoms with Crippen LogP contribution in [0.25, 0.3) is 0 Å². The molecule has 2 aromatic rings. The Hall–Kier alpha value is -1.86. The lowest BCUT2D eigenvalue weighted by atomic mass is 10.1. The summed E-state index contributed by atoms with van der Waals surface area (Å²) in [6.07, 6.45) is 3.58. The number of hydrogen-bond acceptors (Lipinski definition) is 7. The monoisotopic (exact) mass is 303 g/mol. The van der Waals surface area contributed by atoms with E-state index in [4.69, 9.17) is 10.6 Å². The van der Waals surface area contributed by atoms with Gasteiger partial charge in [0.2, 0.25) is 11.1 Å². The van der Waals surface area contributed by atoms with Crippen molar-refractivity contribution in [3.63, 3.8) is 0 Å². The van der Waals surface area contributed by atoms with Crippen molar-refractivity contribution in [3.05, 3.63) is 29.3 Å². The third-order valence-corrected chi connectivity index (χ3v) is 4.13. The number of aryl methyl sites for hydroxylation is 2. The third-order valence-electron chi connectivity index (χ3n) is 3.28. The first kappa shape index (κ1) is 14.1. The molecule has 3 N–H and O–H groups in total. The summed E-state index contributed by atoms with van der Waals surface area (Å²) in [4.78, 5) is 13.7. The van der Waals surface area contributed by atoms with E-state index in [1.165, 1.54) is 35.7 Å². The van der Waals surface area contributed by atoms with Crippen molar-refractivity contribution < 1.29 is 4.74 Å². The van der Waals surface area contributed by atoms with Crippen molar-refractivity contribution >= 4 is 17.7 Å². The summed E-state index contributed by atoms with van der Waals surface area (Å²) in [7, 11) is 0. The van der Waals surface area contributed by atoms with Gasteiger partial charge in [-0.1, -0.05) is 6.07 Å². The Kier molecular flexibility index (Phi) is 4.21. The van der Waals surface area contributed by atoms with Gasteiger partial charge < -0.3 is 4.74 Å². The maximum absolute atomic E-state index is 5.38. The molecule has 0 unspecified atom stereocenters. The van der Waals surface area contributed by atoms with Gasteiger partial charge in [-0.15, -0.1) is 0 Å². The summed E-state index contributed by atoms with van der Waals surface area (Å²) in [5, 5.41) is 0.569. The number of nitrogens with zero attached hydrogens (tertiary/aromatic N) is 3. The number of hydrogen-bond donors (Lipinski definition) is 2. The van der Waals surface area contributed by atoms with Crippen LogP contribution in [0.15, 0.2) is 28.3 Å². The first-order valence-corrected chi connectivity index (χ1v) is 7.75. The molecular formula is C14H17N5OS. The molecule has 110 valence electrons. The van der Waals surface area contributed by atoms with Crippen LogP contribution in [0, 0.1) is 0 Å². The lowest BCUT2D eigenvalue weighted by Gasteiger charge is -2.07. The Morgan fingerprint density at radius 1 is 1.24 bits per heavy atom. The van der Waals surface area contributed by atoms with Crippen LogP contribution in [0.2, 0.25) is 0 Å². The van der Waals surface area contributed by atoms with Crippen LogP contribution in [0.5, 0.6) is 6.01 Å². The van der Waals surface area contributed by atoms with E-state index in [9.17, 15) is 0 Å². The van der Waals surface area contributed by atoms with Crippen LogP contribution in [0.3, 0.4) is 0 Å². The number of benzene rings is 1. The van der Waals surface area contributed by atoms with Gasteiger partial charge in [-0.2, -0.15) is 15.0 Å². The highest BCUT2D eigenvalue weighted by Gasteiger charge is 2.13. The predicted octanol–water partition coefficient (Wildman–Crippen LogP) is 2.20. The zero-order valence-electron chi connectivity index (χ0n) is 11.8. The summed E-state index contributed by atoms with van der Waals surface area (Å²) >= 11 is 1.49. The van der Waals surface area contributed by atoms with Gasteiger partial charge in [0, 0.05) is 4.90 Å². The van der Waals surface area contributed by atoms with E-state index in [2.05, 4.69) is 38.6 Å². The van der Waals surface area contributed by atoms with Crippen molar-refractivity contribution in [1.82, 2.24) is 15.0 Å². The maximum Gasteiger partial charge on any atom is 0.322 e. The van der Waals surface area contributed by atoms with Crippen molar-refractivity contribution in [3.8, 4) is 6.01 Å². The molecule has 0 saturated heterocycles. The topological polar surface area (TPSA) is 86.0 Å². The highest BCUT2D eigenvalue weighted by atomic mass is 32.2. The Morgan fingerprint density at radius 2 is 2.10 bits per heavy atom. The molecular weight excluding hydrogens is 286 g/mol. The molecule has 1 aliphatic rings. The summed E-state index contributed by atoms with van der Waals surface area (Å²) < 4.78 is 5.33. The quantitative estimate of drug-likeness (QED) is 0.647. The number of hydrazine groups is 1. The first-order valence-electron chi connectivity index (χ1n) is 6.93. The van der Waals surface area contributed by atoms with Crippen LogP contribution in [0.4, 0.5) is 5.95 Å². The predicted molar refractivity (Wildman–Crippen MR) is 81.4 cm³/mol. The van der Waals surface area contributed by atoms with Gasteiger partial charge in [-0.05, 0) is 61.2 Å². The van der Waals surface area contributed by atoms with Crippen molar-refractivity contribution in [2.24, 2.45) is 5.84 Å². The molecule has 0 atom stereocenters. The number of nitrogens with two attached hydrogens (primary N) is 1. The molecule has 3 rings (SSSR count). The molecule has 0 fully saturated rings. The molecule has 1 aromatic carbocycles. The Labute approximate surface area is 127 Å². The van der Waals surface area contributed by atoms with Crippen LogP contribution in [-0.4, -0.2) is 21.6 Å². The Morgan fingerprint density at radius 3 is 2.90 bits per heavy atom. The number of aromatic nitrogens is 3. The van der Waals surface area contributed by atoms with E-state index >= 15 is 0 Å². The fourth-order valence-electron chi connectivity index (χ4n) is 2.36. The second kappa shape index (κ2) is 6.28. The van der Waals surface area contributed by atoms with Gasteiger partial charge in [-0.3, -0.25) is 5.43 Å². The Balaban J connectivity index is 1.85. The van der Waals surface area contributed by atoms with Gasteiger partial charge in [0.05, 0.1) is 6.61 Å². The minimum Gasteiger partial charge on any atom is -0.464 e. The van der Waals surface area contributed by atoms with Gasteiger partial charge >= 0.3 is 6.01 Å². The van der Waals surface area contributed by atoms with Gasteiger partial charge in [0.15, 0.2) is 0 Å². The SMILES string of the molecule is CCOc1nc(NN)nc(Sc2ccc3c(c2)CCC3)n1. The van der Waals surface area contributed by atoms with Crippen LogP contribution in [-0.2, 0) is 12.8 Å². The van der Waals surface area contributed by atoms with Crippen LogP contribution < -0.4 is 16.0 Å². The lowest BCUT2D eigenvalue weighted by molar-refractivity contribution is 0.308. The van der Waals surface area contributed by atoms with Crippen LogP contribution in [0.1, 0.15) is 24.5 Å². The molecule has 7 heteroatoms. The second-order valence-electron chi connectivity index (χ2n) is 4.69. The number of fused-ring (bicyclic) bond motifs is 1. The zero-order chi connectivity index (χ0) is 14.7. The highest BCUT2D eigenvalue weighted by Crippen LogP contribution is 2.31. The molecule has 0 bridgehead atoms. The highest BCUT2D eigenvalue weighted by molar-refractivity contribution is 7.99. The normalized spacial score (nSPS) is 13.0. The summed E-state index contributed by atoms with van der Waals surface area (Å²) in [5.41, 5.74) is 5.32. The summed E-state index contributed by atoms with van der Waals surface area (Å²) in [6.45, 7) is 2.38. The minimum atomic E-state index is 0.282. The number of rotatable bonds is 5. The first-order chi connectivity index (χ1) is 10.3. The van der Waals surface area contributed by atoms with Crippen LogP contribution >= 0.6 is 11.8 Å². The van der Waals surface area contributed by atoms with E-state index < -0.39 is 0 Å². The van der Waals surface area contributed by atoms with Gasteiger partial charge in [-0.25, -0.2) is 5.84 Å². The minimum absolute atomic E-state index is 0.282. The molecule has 21 heavy (non-hydrogen) atoms. The third kappa shape index (κ3) is 3.25. The van der Waals surface area contributed by atoms with E-state index in [1.807, 2.05) is 6.92 Å². The zero-order valence-corrected chi connectivity index (χ0v) is 12.6. The molecule has 6 nitrogen and oxygen atoms in total. The summed E-state index contributed by atoms with van der Waals surface area (Å²) in [5.74, 6) is 5.69. The molecule has 0 radical (unpaired) electrons. The van der Waals surface area contributed by atoms with Crippen molar-refractivity contribution in [1.29, 1.82) is 0 Å². The molecule has 0 saturated carbocycles. The molecule has 1 heterocycles. The number of nitrogen functional groups attached to an aromatic ring is 1. The average Bonchev–Trinajstić information content (AvgIpc) is 2.95. The second-order valence-corrected chi connectivity index (χ2v) is 5.73. The fraction of sp³-hybridized carbons (Fsp3) is 0.357. The molecule has 0 aliphatic heterocycles. The van der Waals surface area contributed by atoms with E-state index in [1.54, 1.807) is 0 Å². The average molecular weight is 303 g/mol. The van der Waals surface area contributed by atoms with E-state index in [0.717, 1.165) is 11.3 Å². The van der Waals surface area contributed by atoms with E-state index in [0.29, 0.717) is 17.7 Å². The largest absolute Gasteiger partial charge is 0.464 e. The smallest absolute Gasteiger partial charge is 0.322 e. The number of ether oxygens (including phenoxy) is 1. The van der Waals surface area contributed by atoms with Gasteiger partial charge in [0.1, 0.15) is 0 Å². The maximum atomic E-state index is 5.38. The standard InChI is InChI=1S/C14H17N5OS/c1-2-20-13-16-12(19-15)17-14(18-13)21-11-7-6-9-4-3-5-10(9)8-11/h6-8H,2-5,15H2,1H3,(H,16,17,18,19). The molecule has 1 aromatic heterocycles. The Bertz CT molecular complexity index is 649. The molecule has 0 amide bonds. The lowest BCUT2D eigenvalue weighted by Crippen LogP contribution is -2.12. The molecule has 0 spiro atoms.